The number of carboxylic acids is 1. The van der Waals surface area contributed by atoms with Crippen LogP contribution in [0.1, 0.15) is 60.4 Å². The van der Waals surface area contributed by atoms with Gasteiger partial charge < -0.3 is 19.0 Å². The Bertz CT molecular complexity index is 1070. The summed E-state index contributed by atoms with van der Waals surface area (Å²) in [6.45, 7) is 4.01. The molecule has 2 unspecified atom stereocenters. The molecule has 0 spiro atoms. The van der Waals surface area contributed by atoms with Crippen LogP contribution in [0.5, 0.6) is 0 Å². The van der Waals surface area contributed by atoms with E-state index < -0.39 is 5.97 Å². The Balaban J connectivity index is 2.42. The number of methoxy groups -OCH3 is 2. The third-order valence-corrected chi connectivity index (χ3v) is 5.10. The molecule has 0 fully saturated rings. The van der Waals surface area contributed by atoms with Gasteiger partial charge in [0, 0.05) is 19.8 Å². The van der Waals surface area contributed by atoms with Crippen LogP contribution in [0.2, 0.25) is 0 Å². The van der Waals surface area contributed by atoms with Gasteiger partial charge in [-0.05, 0) is 48.7 Å². The molecule has 6 nitrogen and oxygen atoms in total. The Morgan fingerprint density at radius 3 is 2.29 bits per heavy atom. The van der Waals surface area contributed by atoms with Gasteiger partial charge in [0.2, 0.25) is 5.43 Å². The summed E-state index contributed by atoms with van der Waals surface area (Å²) >= 11 is 0. The van der Waals surface area contributed by atoms with Crippen LogP contribution in [0, 0.1) is 0 Å². The summed E-state index contributed by atoms with van der Waals surface area (Å²) in [5.41, 5.74) is 2.24. The number of benzene rings is 2. The van der Waals surface area contributed by atoms with Crippen molar-refractivity contribution < 1.29 is 23.8 Å². The van der Waals surface area contributed by atoms with Gasteiger partial charge in [0.05, 0.1) is 28.5 Å². The van der Waals surface area contributed by atoms with E-state index in [4.69, 9.17) is 13.9 Å². The van der Waals surface area contributed by atoms with E-state index in [0.717, 1.165) is 17.5 Å². The van der Waals surface area contributed by atoms with Crippen molar-refractivity contribution in [2.75, 3.05) is 14.2 Å². The lowest BCUT2D eigenvalue weighted by Crippen LogP contribution is -2.10. The van der Waals surface area contributed by atoms with Gasteiger partial charge in [0.15, 0.2) is 0 Å². The summed E-state index contributed by atoms with van der Waals surface area (Å²) in [5.74, 6) is -1.09. The average molecular weight is 384 g/mol. The Morgan fingerprint density at radius 1 is 1.04 bits per heavy atom. The molecule has 0 aliphatic carbocycles. The van der Waals surface area contributed by atoms with E-state index in [1.165, 1.54) is 18.2 Å². The van der Waals surface area contributed by atoms with E-state index in [-0.39, 0.29) is 28.6 Å². The minimum atomic E-state index is -1.09. The topological polar surface area (TPSA) is 86.0 Å². The highest BCUT2D eigenvalue weighted by molar-refractivity contribution is 5.96. The van der Waals surface area contributed by atoms with Crippen LogP contribution < -0.4 is 5.43 Å². The highest BCUT2D eigenvalue weighted by Crippen LogP contribution is 2.34. The normalized spacial score (nSPS) is 13.7. The second-order valence-electron chi connectivity index (χ2n) is 6.70. The van der Waals surface area contributed by atoms with E-state index in [1.54, 1.807) is 20.3 Å². The molecule has 28 heavy (non-hydrogen) atoms. The summed E-state index contributed by atoms with van der Waals surface area (Å²) in [4.78, 5) is 24.5. The zero-order valence-electron chi connectivity index (χ0n) is 16.4. The number of hydrogen-bond acceptors (Lipinski definition) is 5. The molecule has 0 aliphatic heterocycles. The minimum Gasteiger partial charge on any atom is -0.478 e. The van der Waals surface area contributed by atoms with Crippen molar-refractivity contribution in [1.29, 1.82) is 0 Å². The van der Waals surface area contributed by atoms with Crippen LogP contribution in [-0.2, 0) is 9.47 Å². The Hall–Kier alpha value is -2.70. The second kappa shape index (κ2) is 8.12. The first-order valence-corrected chi connectivity index (χ1v) is 9.28. The molecule has 1 N–H and O–H groups in total. The van der Waals surface area contributed by atoms with Gasteiger partial charge in [-0.1, -0.05) is 13.8 Å². The highest BCUT2D eigenvalue weighted by atomic mass is 16.5. The number of carbonyl (C=O) groups is 1. The summed E-state index contributed by atoms with van der Waals surface area (Å²) < 4.78 is 17.2. The van der Waals surface area contributed by atoms with Crippen molar-refractivity contribution in [3.8, 4) is 0 Å². The van der Waals surface area contributed by atoms with Gasteiger partial charge in [-0.2, -0.15) is 0 Å². The molecule has 0 amide bonds. The highest BCUT2D eigenvalue weighted by Gasteiger charge is 2.21. The number of fused-ring (bicyclic) bond motifs is 2. The zero-order valence-corrected chi connectivity index (χ0v) is 16.4. The molecule has 3 aromatic rings. The number of ether oxygens (including phenoxy) is 2. The minimum absolute atomic E-state index is 0.0437. The smallest absolute Gasteiger partial charge is 0.335 e. The Labute approximate surface area is 162 Å². The lowest BCUT2D eigenvalue weighted by Gasteiger charge is -2.20. The summed E-state index contributed by atoms with van der Waals surface area (Å²) in [6, 6.07) is 8.06. The molecule has 0 aliphatic rings. The second-order valence-corrected chi connectivity index (χ2v) is 6.70. The van der Waals surface area contributed by atoms with Crippen molar-refractivity contribution >= 4 is 27.9 Å². The molecule has 3 rings (SSSR count). The average Bonchev–Trinajstić information content (AvgIpc) is 2.70. The molecule has 148 valence electrons. The fourth-order valence-electron chi connectivity index (χ4n) is 3.62. The van der Waals surface area contributed by atoms with Crippen molar-refractivity contribution in [2.24, 2.45) is 0 Å². The van der Waals surface area contributed by atoms with Crippen molar-refractivity contribution in [1.82, 2.24) is 0 Å². The zero-order chi connectivity index (χ0) is 20.4. The molecule has 0 bridgehead atoms. The van der Waals surface area contributed by atoms with Gasteiger partial charge in [-0.25, -0.2) is 4.79 Å². The first kappa shape index (κ1) is 20.0. The van der Waals surface area contributed by atoms with Gasteiger partial charge in [-0.15, -0.1) is 0 Å². The maximum atomic E-state index is 13.2. The quantitative estimate of drug-likeness (QED) is 0.587. The molecule has 2 aromatic carbocycles. The maximum absolute atomic E-state index is 13.2. The summed E-state index contributed by atoms with van der Waals surface area (Å²) in [5, 5.41) is 9.88. The first-order valence-electron chi connectivity index (χ1n) is 9.28. The van der Waals surface area contributed by atoms with Gasteiger partial charge in [-0.3, -0.25) is 4.79 Å². The fourth-order valence-corrected chi connectivity index (χ4v) is 3.62. The van der Waals surface area contributed by atoms with Crippen LogP contribution in [-0.4, -0.2) is 25.3 Å². The molecule has 1 heterocycles. The standard InChI is InChI=1S/C22H24O6/c1-5-17(26-3)13-10-15(18(6-2)27-4)21-16(11-13)20(23)14-9-12(22(24)25)7-8-19(14)28-21/h7-11,17-18H,5-6H2,1-4H3,(H,24,25). The van der Waals surface area contributed by atoms with E-state index >= 15 is 0 Å². The van der Waals surface area contributed by atoms with E-state index in [0.29, 0.717) is 23.0 Å². The van der Waals surface area contributed by atoms with Gasteiger partial charge in [0.25, 0.3) is 0 Å². The van der Waals surface area contributed by atoms with Crippen LogP contribution >= 0.6 is 0 Å². The number of carboxylic acid groups (broad SMARTS) is 1. The predicted molar refractivity (Wildman–Crippen MR) is 107 cm³/mol. The maximum Gasteiger partial charge on any atom is 0.335 e. The van der Waals surface area contributed by atoms with Crippen LogP contribution in [0.3, 0.4) is 0 Å². The molecule has 0 radical (unpaired) electrons. The molecule has 0 saturated heterocycles. The van der Waals surface area contributed by atoms with Crippen LogP contribution in [0.25, 0.3) is 21.9 Å². The van der Waals surface area contributed by atoms with E-state index in [9.17, 15) is 14.7 Å². The Kier molecular flexibility index (Phi) is 5.82. The molecule has 2 atom stereocenters. The van der Waals surface area contributed by atoms with Crippen molar-refractivity contribution in [3.63, 3.8) is 0 Å². The summed E-state index contributed by atoms with van der Waals surface area (Å²) in [6.07, 6.45) is 1.04. The SMILES string of the molecule is CCC(OC)c1cc(C(CC)OC)c2oc3ccc(C(=O)O)cc3c(=O)c2c1. The van der Waals surface area contributed by atoms with Crippen molar-refractivity contribution in [3.05, 3.63) is 57.2 Å². The number of hydrogen-bond donors (Lipinski definition) is 1. The third kappa shape index (κ3) is 3.41. The van der Waals surface area contributed by atoms with Crippen LogP contribution in [0.15, 0.2) is 39.5 Å². The number of aromatic carboxylic acids is 1. The first-order chi connectivity index (χ1) is 13.4. The molecule has 6 heteroatoms. The fraction of sp³-hybridized carbons (Fsp3) is 0.364. The lowest BCUT2D eigenvalue weighted by atomic mass is 9.96. The Morgan fingerprint density at radius 2 is 1.71 bits per heavy atom. The largest absolute Gasteiger partial charge is 0.478 e. The number of rotatable bonds is 7. The van der Waals surface area contributed by atoms with Gasteiger partial charge in [0.1, 0.15) is 11.2 Å². The molecular formula is C22H24O6. The van der Waals surface area contributed by atoms with Crippen LogP contribution in [0.4, 0.5) is 0 Å². The molecule has 0 saturated carbocycles. The van der Waals surface area contributed by atoms with Crippen molar-refractivity contribution in [2.45, 2.75) is 38.9 Å². The monoisotopic (exact) mass is 384 g/mol. The predicted octanol–water partition coefficient (Wildman–Crippen LogP) is 4.84. The lowest BCUT2D eigenvalue weighted by molar-refractivity contribution is 0.0697. The third-order valence-electron chi connectivity index (χ3n) is 5.10. The molecular weight excluding hydrogens is 360 g/mol. The summed E-state index contributed by atoms with van der Waals surface area (Å²) in [7, 11) is 3.26. The molecule has 1 aromatic heterocycles. The van der Waals surface area contributed by atoms with Gasteiger partial charge >= 0.3 is 5.97 Å². The van der Waals surface area contributed by atoms with E-state index in [1.807, 2.05) is 19.9 Å². The van der Waals surface area contributed by atoms with E-state index in [2.05, 4.69) is 0 Å².